The second kappa shape index (κ2) is 6.33. The maximum atomic E-state index is 5.41. The van der Waals surface area contributed by atoms with Crippen molar-refractivity contribution in [3.63, 3.8) is 0 Å². The normalized spacial score (nSPS) is 18.6. The van der Waals surface area contributed by atoms with E-state index in [1.807, 2.05) is 6.92 Å². The summed E-state index contributed by atoms with van der Waals surface area (Å²) in [4.78, 5) is 9.11. The van der Waals surface area contributed by atoms with Gasteiger partial charge in [0.05, 0.1) is 0 Å². The first-order chi connectivity index (χ1) is 9.06. The van der Waals surface area contributed by atoms with Gasteiger partial charge in [0.2, 0.25) is 5.95 Å². The first-order valence-corrected chi connectivity index (χ1v) is 7.26. The van der Waals surface area contributed by atoms with E-state index in [0.29, 0.717) is 17.9 Å². The summed E-state index contributed by atoms with van der Waals surface area (Å²) in [6.45, 7) is 10.3. The van der Waals surface area contributed by atoms with Crippen molar-refractivity contribution in [2.45, 2.75) is 52.5 Å². The summed E-state index contributed by atoms with van der Waals surface area (Å²) in [7, 11) is 0. The third-order valence-electron chi connectivity index (χ3n) is 3.80. The number of rotatable bonds is 4. The van der Waals surface area contributed by atoms with Gasteiger partial charge in [-0.25, -0.2) is 9.97 Å². The van der Waals surface area contributed by atoms with E-state index >= 15 is 0 Å². The Balaban J connectivity index is 2.05. The van der Waals surface area contributed by atoms with Crippen LogP contribution in [0.1, 0.15) is 50.9 Å². The quantitative estimate of drug-likeness (QED) is 0.906. The van der Waals surface area contributed by atoms with E-state index < -0.39 is 0 Å². The van der Waals surface area contributed by atoms with Crippen LogP contribution in [0.25, 0.3) is 0 Å². The Morgan fingerprint density at radius 3 is 2.53 bits per heavy atom. The predicted octanol–water partition coefficient (Wildman–Crippen LogP) is 3.14. The van der Waals surface area contributed by atoms with Crippen LogP contribution in [0.2, 0.25) is 0 Å². The second-order valence-electron chi connectivity index (χ2n) is 5.80. The summed E-state index contributed by atoms with van der Waals surface area (Å²) in [5, 5.41) is 3.47. The van der Waals surface area contributed by atoms with Gasteiger partial charge in [-0.3, -0.25) is 0 Å². The molecule has 0 radical (unpaired) electrons. The molecule has 1 unspecified atom stereocenters. The van der Waals surface area contributed by atoms with E-state index in [4.69, 9.17) is 4.74 Å². The SMILES string of the molecule is Cc1cc(C(C)C)nc(NC(C)C2CCOCC2)n1. The molecule has 1 atom stereocenters. The molecule has 2 rings (SSSR count). The molecule has 1 N–H and O–H groups in total. The van der Waals surface area contributed by atoms with Crippen LogP contribution in [-0.4, -0.2) is 29.2 Å². The van der Waals surface area contributed by atoms with Crippen LogP contribution in [-0.2, 0) is 4.74 Å². The zero-order chi connectivity index (χ0) is 13.8. The Labute approximate surface area is 116 Å². The van der Waals surface area contributed by atoms with E-state index in [2.05, 4.69) is 42.1 Å². The van der Waals surface area contributed by atoms with Crippen LogP contribution in [0.15, 0.2) is 6.07 Å². The molecule has 1 saturated heterocycles. The fraction of sp³-hybridized carbons (Fsp3) is 0.733. The van der Waals surface area contributed by atoms with Crippen molar-refractivity contribution in [2.75, 3.05) is 18.5 Å². The fourth-order valence-corrected chi connectivity index (χ4v) is 2.49. The highest BCUT2D eigenvalue weighted by Crippen LogP contribution is 2.21. The van der Waals surface area contributed by atoms with Crippen LogP contribution < -0.4 is 5.32 Å². The molecule has 1 aliphatic heterocycles. The number of anilines is 1. The molecule has 19 heavy (non-hydrogen) atoms. The zero-order valence-electron chi connectivity index (χ0n) is 12.4. The highest BCUT2D eigenvalue weighted by atomic mass is 16.5. The molecule has 0 bridgehead atoms. The van der Waals surface area contributed by atoms with Gasteiger partial charge in [0.1, 0.15) is 0 Å². The van der Waals surface area contributed by atoms with Crippen molar-refractivity contribution in [1.82, 2.24) is 9.97 Å². The lowest BCUT2D eigenvalue weighted by molar-refractivity contribution is 0.0621. The van der Waals surface area contributed by atoms with Crippen LogP contribution >= 0.6 is 0 Å². The average Bonchev–Trinajstić information content (AvgIpc) is 2.39. The minimum Gasteiger partial charge on any atom is -0.381 e. The Kier molecular flexibility index (Phi) is 4.75. The Bertz CT molecular complexity index is 414. The van der Waals surface area contributed by atoms with Crippen molar-refractivity contribution in [2.24, 2.45) is 5.92 Å². The van der Waals surface area contributed by atoms with Gasteiger partial charge in [0.25, 0.3) is 0 Å². The molecule has 0 saturated carbocycles. The molecular formula is C15H25N3O. The van der Waals surface area contributed by atoms with E-state index in [1.54, 1.807) is 0 Å². The molecular weight excluding hydrogens is 238 g/mol. The molecule has 1 aliphatic rings. The van der Waals surface area contributed by atoms with Crippen molar-refractivity contribution in [1.29, 1.82) is 0 Å². The highest BCUT2D eigenvalue weighted by Gasteiger charge is 2.21. The third kappa shape index (κ3) is 3.90. The summed E-state index contributed by atoms with van der Waals surface area (Å²) in [5.41, 5.74) is 2.13. The van der Waals surface area contributed by atoms with Gasteiger partial charge in [-0.05, 0) is 44.6 Å². The highest BCUT2D eigenvalue weighted by molar-refractivity contribution is 5.30. The number of ether oxygens (including phenoxy) is 1. The van der Waals surface area contributed by atoms with Crippen molar-refractivity contribution < 1.29 is 4.74 Å². The first-order valence-electron chi connectivity index (χ1n) is 7.26. The van der Waals surface area contributed by atoms with Crippen LogP contribution in [0.4, 0.5) is 5.95 Å². The summed E-state index contributed by atoms with van der Waals surface area (Å²) >= 11 is 0. The smallest absolute Gasteiger partial charge is 0.223 e. The lowest BCUT2D eigenvalue weighted by Gasteiger charge is -2.28. The minimum atomic E-state index is 0.394. The van der Waals surface area contributed by atoms with Gasteiger partial charge >= 0.3 is 0 Å². The maximum absolute atomic E-state index is 5.41. The van der Waals surface area contributed by atoms with Gasteiger partial charge < -0.3 is 10.1 Å². The molecule has 1 aromatic rings. The molecule has 2 heterocycles. The molecule has 0 amide bonds. The van der Waals surface area contributed by atoms with Crippen LogP contribution in [0.3, 0.4) is 0 Å². The molecule has 4 heteroatoms. The topological polar surface area (TPSA) is 47.0 Å². The predicted molar refractivity (Wildman–Crippen MR) is 77.5 cm³/mol. The largest absolute Gasteiger partial charge is 0.381 e. The number of hydrogen-bond acceptors (Lipinski definition) is 4. The fourth-order valence-electron chi connectivity index (χ4n) is 2.49. The number of aromatic nitrogens is 2. The van der Waals surface area contributed by atoms with Gasteiger partial charge in [0, 0.05) is 30.6 Å². The molecule has 1 fully saturated rings. The molecule has 4 nitrogen and oxygen atoms in total. The van der Waals surface area contributed by atoms with Gasteiger partial charge in [-0.1, -0.05) is 13.8 Å². The van der Waals surface area contributed by atoms with Gasteiger partial charge in [0.15, 0.2) is 0 Å². The molecule has 106 valence electrons. The number of hydrogen-bond donors (Lipinski definition) is 1. The van der Waals surface area contributed by atoms with E-state index in [1.165, 1.54) is 0 Å². The summed E-state index contributed by atoms with van der Waals surface area (Å²) < 4.78 is 5.41. The van der Waals surface area contributed by atoms with E-state index in [9.17, 15) is 0 Å². The third-order valence-corrected chi connectivity index (χ3v) is 3.80. The number of aryl methyl sites for hydroxylation is 1. The summed E-state index contributed by atoms with van der Waals surface area (Å²) in [6.07, 6.45) is 2.24. The van der Waals surface area contributed by atoms with Gasteiger partial charge in [-0.15, -0.1) is 0 Å². The standard InChI is InChI=1S/C15H25N3O/c1-10(2)14-9-11(3)16-15(18-14)17-12(4)13-5-7-19-8-6-13/h9-10,12-13H,5-8H2,1-4H3,(H,16,17,18). The molecule has 0 spiro atoms. The zero-order valence-corrected chi connectivity index (χ0v) is 12.4. The van der Waals surface area contributed by atoms with Crippen molar-refractivity contribution >= 4 is 5.95 Å². The minimum absolute atomic E-state index is 0.394. The lowest BCUT2D eigenvalue weighted by Crippen LogP contribution is -2.31. The lowest BCUT2D eigenvalue weighted by atomic mass is 9.93. The molecule has 0 aromatic carbocycles. The maximum Gasteiger partial charge on any atom is 0.223 e. The van der Waals surface area contributed by atoms with Crippen molar-refractivity contribution in [3.8, 4) is 0 Å². The first kappa shape index (κ1) is 14.3. The van der Waals surface area contributed by atoms with Crippen LogP contribution in [0.5, 0.6) is 0 Å². The summed E-state index contributed by atoms with van der Waals surface area (Å²) in [6, 6.07) is 2.46. The second-order valence-corrected chi connectivity index (χ2v) is 5.80. The summed E-state index contributed by atoms with van der Waals surface area (Å²) in [5.74, 6) is 1.85. The molecule has 1 aromatic heterocycles. The number of nitrogens with zero attached hydrogens (tertiary/aromatic N) is 2. The Morgan fingerprint density at radius 2 is 1.89 bits per heavy atom. The monoisotopic (exact) mass is 263 g/mol. The van der Waals surface area contributed by atoms with Crippen molar-refractivity contribution in [3.05, 3.63) is 17.5 Å². The number of nitrogens with one attached hydrogen (secondary N) is 1. The van der Waals surface area contributed by atoms with Gasteiger partial charge in [-0.2, -0.15) is 0 Å². The average molecular weight is 263 g/mol. The Hall–Kier alpha value is -1.16. The van der Waals surface area contributed by atoms with E-state index in [-0.39, 0.29) is 0 Å². The molecule has 0 aliphatic carbocycles. The van der Waals surface area contributed by atoms with E-state index in [0.717, 1.165) is 43.4 Å². The Morgan fingerprint density at radius 1 is 1.21 bits per heavy atom. The van der Waals surface area contributed by atoms with Crippen LogP contribution in [0, 0.1) is 12.8 Å².